The third kappa shape index (κ3) is 5.05. The van der Waals surface area contributed by atoms with Crippen molar-refractivity contribution < 1.29 is 14.0 Å². The predicted molar refractivity (Wildman–Crippen MR) is 87.2 cm³/mol. The number of carbonyl (C=O) groups excluding carboxylic acids is 2. The number of rotatable bonds is 3. The van der Waals surface area contributed by atoms with E-state index >= 15 is 0 Å². The number of hydrazone groups is 1. The molecule has 2 rings (SSSR count). The zero-order valence-electron chi connectivity index (χ0n) is 11.5. The molecule has 2 aromatic carbocycles. The van der Waals surface area contributed by atoms with Crippen LogP contribution in [0.2, 0.25) is 10.0 Å². The van der Waals surface area contributed by atoms with E-state index < -0.39 is 17.6 Å². The molecular weight excluding hydrogens is 344 g/mol. The van der Waals surface area contributed by atoms with Crippen molar-refractivity contribution in [2.75, 3.05) is 5.32 Å². The number of nitrogens with zero attached hydrogens (tertiary/aromatic N) is 1. The second-order valence-electron chi connectivity index (χ2n) is 4.33. The minimum absolute atomic E-state index is 0.176. The summed E-state index contributed by atoms with van der Waals surface area (Å²) in [6.45, 7) is 0. The topological polar surface area (TPSA) is 70.6 Å². The summed E-state index contributed by atoms with van der Waals surface area (Å²) in [4.78, 5) is 23.3. The van der Waals surface area contributed by atoms with Crippen molar-refractivity contribution in [3.63, 3.8) is 0 Å². The van der Waals surface area contributed by atoms with Crippen molar-refractivity contribution in [1.82, 2.24) is 5.43 Å². The smallest absolute Gasteiger partial charge is 0.318 e. The van der Waals surface area contributed by atoms with E-state index in [1.54, 1.807) is 6.07 Å². The Kier molecular flexibility index (Phi) is 5.67. The molecule has 0 bridgehead atoms. The maximum atomic E-state index is 13.3. The second kappa shape index (κ2) is 7.71. The quantitative estimate of drug-likeness (QED) is 0.505. The maximum absolute atomic E-state index is 13.3. The van der Waals surface area contributed by atoms with Crippen LogP contribution in [0.3, 0.4) is 0 Å². The first-order chi connectivity index (χ1) is 11.0. The molecule has 118 valence electrons. The molecule has 0 saturated carbocycles. The molecule has 23 heavy (non-hydrogen) atoms. The van der Waals surface area contributed by atoms with Gasteiger partial charge in [0.1, 0.15) is 5.82 Å². The molecule has 0 heterocycles. The molecule has 0 unspecified atom stereocenters. The van der Waals surface area contributed by atoms with Gasteiger partial charge in [-0.25, -0.2) is 9.82 Å². The van der Waals surface area contributed by atoms with Crippen LogP contribution in [0, 0.1) is 5.82 Å². The Bertz CT molecular complexity index is 761. The van der Waals surface area contributed by atoms with E-state index in [-0.39, 0.29) is 11.3 Å². The van der Waals surface area contributed by atoms with E-state index in [0.29, 0.717) is 10.0 Å². The largest absolute Gasteiger partial charge is 0.329 e. The Morgan fingerprint density at radius 3 is 2.35 bits per heavy atom. The summed E-state index contributed by atoms with van der Waals surface area (Å²) < 4.78 is 13.3. The number of anilines is 1. The van der Waals surface area contributed by atoms with Crippen LogP contribution in [-0.4, -0.2) is 18.0 Å². The monoisotopic (exact) mass is 353 g/mol. The average Bonchev–Trinajstić information content (AvgIpc) is 2.48. The van der Waals surface area contributed by atoms with Crippen LogP contribution in [0.25, 0.3) is 0 Å². The van der Waals surface area contributed by atoms with Crippen molar-refractivity contribution in [3.8, 4) is 0 Å². The minimum atomic E-state index is -1.02. The van der Waals surface area contributed by atoms with E-state index in [0.717, 1.165) is 6.21 Å². The second-order valence-corrected chi connectivity index (χ2v) is 5.21. The van der Waals surface area contributed by atoms with Gasteiger partial charge in [0, 0.05) is 21.3 Å². The van der Waals surface area contributed by atoms with Crippen LogP contribution in [-0.2, 0) is 9.59 Å². The zero-order chi connectivity index (χ0) is 16.8. The average molecular weight is 354 g/mol. The molecule has 0 spiro atoms. The summed E-state index contributed by atoms with van der Waals surface area (Å²) in [5.41, 5.74) is 2.43. The van der Waals surface area contributed by atoms with E-state index in [4.69, 9.17) is 23.2 Å². The van der Waals surface area contributed by atoms with E-state index in [9.17, 15) is 14.0 Å². The lowest BCUT2D eigenvalue weighted by Crippen LogP contribution is -2.32. The third-order valence-corrected chi connectivity index (χ3v) is 3.04. The molecular formula is C15H10Cl2FN3O2. The fourth-order valence-electron chi connectivity index (χ4n) is 1.60. The van der Waals surface area contributed by atoms with Gasteiger partial charge in [0.15, 0.2) is 0 Å². The summed E-state index contributed by atoms with van der Waals surface area (Å²) in [5.74, 6) is -2.48. The fraction of sp³-hybridized carbons (Fsp3) is 0. The first kappa shape index (κ1) is 16.9. The Labute approximate surface area is 141 Å². The van der Waals surface area contributed by atoms with Gasteiger partial charge in [-0.15, -0.1) is 0 Å². The van der Waals surface area contributed by atoms with Crippen molar-refractivity contribution in [3.05, 3.63) is 63.9 Å². The first-order valence-electron chi connectivity index (χ1n) is 6.31. The summed E-state index contributed by atoms with van der Waals surface area (Å²) in [7, 11) is 0. The molecule has 5 nitrogen and oxygen atoms in total. The molecule has 0 fully saturated rings. The Hall–Kier alpha value is -2.44. The molecule has 0 aliphatic rings. The molecule has 0 saturated heterocycles. The van der Waals surface area contributed by atoms with Crippen LogP contribution in [0.5, 0.6) is 0 Å². The number of halogens is 3. The van der Waals surface area contributed by atoms with Gasteiger partial charge in [-0.2, -0.15) is 5.10 Å². The van der Waals surface area contributed by atoms with Gasteiger partial charge in [-0.05, 0) is 24.3 Å². The van der Waals surface area contributed by atoms with Gasteiger partial charge in [-0.3, -0.25) is 9.59 Å². The first-order valence-corrected chi connectivity index (χ1v) is 7.06. The molecule has 8 heteroatoms. The highest BCUT2D eigenvalue weighted by Crippen LogP contribution is 2.22. The highest BCUT2D eigenvalue weighted by Gasteiger charge is 2.13. The number of amides is 2. The Morgan fingerprint density at radius 1 is 1.04 bits per heavy atom. The van der Waals surface area contributed by atoms with Gasteiger partial charge in [0.2, 0.25) is 0 Å². The highest BCUT2D eigenvalue weighted by molar-refractivity contribution is 6.40. The SMILES string of the molecule is O=C(N/N=C\c1ccccc1F)C(=O)Nc1cc(Cl)cc(Cl)c1. The summed E-state index contributed by atoms with van der Waals surface area (Å²) in [6, 6.07) is 10.2. The number of hydrogen-bond donors (Lipinski definition) is 2. The van der Waals surface area contributed by atoms with Gasteiger partial charge < -0.3 is 5.32 Å². The van der Waals surface area contributed by atoms with Gasteiger partial charge in [0.25, 0.3) is 0 Å². The van der Waals surface area contributed by atoms with Crippen molar-refractivity contribution in [1.29, 1.82) is 0 Å². The zero-order valence-corrected chi connectivity index (χ0v) is 13.0. The van der Waals surface area contributed by atoms with Crippen molar-refractivity contribution >= 4 is 46.9 Å². The van der Waals surface area contributed by atoms with E-state index in [1.165, 1.54) is 36.4 Å². The van der Waals surface area contributed by atoms with Crippen LogP contribution in [0.1, 0.15) is 5.56 Å². The number of carbonyl (C=O) groups is 2. The lowest BCUT2D eigenvalue weighted by atomic mass is 10.2. The van der Waals surface area contributed by atoms with Gasteiger partial charge >= 0.3 is 11.8 Å². The number of nitrogens with one attached hydrogen (secondary N) is 2. The predicted octanol–water partition coefficient (Wildman–Crippen LogP) is 3.22. The fourth-order valence-corrected chi connectivity index (χ4v) is 2.13. The van der Waals surface area contributed by atoms with E-state index in [2.05, 4.69) is 10.4 Å². The van der Waals surface area contributed by atoms with Crippen molar-refractivity contribution in [2.45, 2.75) is 0 Å². The summed E-state index contributed by atoms with van der Waals surface area (Å²) >= 11 is 11.6. The molecule has 0 aliphatic heterocycles. The lowest BCUT2D eigenvalue weighted by molar-refractivity contribution is -0.136. The highest BCUT2D eigenvalue weighted by atomic mass is 35.5. The number of hydrogen-bond acceptors (Lipinski definition) is 3. The third-order valence-electron chi connectivity index (χ3n) is 2.60. The lowest BCUT2D eigenvalue weighted by Gasteiger charge is -2.05. The van der Waals surface area contributed by atoms with Gasteiger partial charge in [-0.1, -0.05) is 41.4 Å². The van der Waals surface area contributed by atoms with Gasteiger partial charge in [0.05, 0.1) is 6.21 Å². The van der Waals surface area contributed by atoms with Crippen LogP contribution in [0.4, 0.5) is 10.1 Å². The Morgan fingerprint density at radius 2 is 1.70 bits per heavy atom. The standard InChI is InChI=1S/C15H10Cl2FN3O2/c16-10-5-11(17)7-12(6-10)20-14(22)15(23)21-19-8-9-3-1-2-4-13(9)18/h1-8H,(H,20,22)(H,21,23)/b19-8-. The minimum Gasteiger partial charge on any atom is -0.318 e. The molecule has 2 N–H and O–H groups in total. The van der Waals surface area contributed by atoms with Crippen LogP contribution in [0.15, 0.2) is 47.6 Å². The molecule has 2 amide bonds. The molecule has 0 aromatic heterocycles. The molecule has 0 aliphatic carbocycles. The maximum Gasteiger partial charge on any atom is 0.329 e. The normalized spacial score (nSPS) is 10.6. The molecule has 2 aromatic rings. The van der Waals surface area contributed by atoms with Crippen molar-refractivity contribution in [2.24, 2.45) is 5.10 Å². The summed E-state index contributed by atoms with van der Waals surface area (Å²) in [5, 5.41) is 6.46. The summed E-state index contributed by atoms with van der Waals surface area (Å²) in [6.07, 6.45) is 1.09. The molecule has 0 atom stereocenters. The Balaban J connectivity index is 1.95. The van der Waals surface area contributed by atoms with Crippen LogP contribution < -0.4 is 10.7 Å². The van der Waals surface area contributed by atoms with Crippen LogP contribution >= 0.6 is 23.2 Å². The number of benzene rings is 2. The molecule has 0 radical (unpaired) electrons. The van der Waals surface area contributed by atoms with E-state index in [1.807, 2.05) is 5.43 Å².